The Balaban J connectivity index is 5.45. The zero-order valence-corrected chi connectivity index (χ0v) is 67.6. The number of hydrogen-bond acceptors (Lipinski definition) is 15. The van der Waals surface area contributed by atoms with Gasteiger partial charge in [-0.1, -0.05) is 268 Å². The van der Waals surface area contributed by atoms with Crippen LogP contribution < -0.4 is 0 Å². The number of unbranched alkanes of at least 4 members (excludes halogenated alkanes) is 20. The molecule has 0 aromatic rings. The summed E-state index contributed by atoms with van der Waals surface area (Å²) in [6.45, 7) is 4.38. The second-order valence-corrected chi connectivity index (χ2v) is 29.1. The van der Waals surface area contributed by atoms with Crippen LogP contribution in [0.1, 0.15) is 297 Å². The molecule has 106 heavy (non-hydrogen) atoms. The maximum atomic E-state index is 13.1. The van der Waals surface area contributed by atoms with E-state index in [0.29, 0.717) is 38.5 Å². The molecule has 0 saturated carbocycles. The van der Waals surface area contributed by atoms with E-state index in [4.69, 9.17) is 37.0 Å². The van der Waals surface area contributed by atoms with Crippen LogP contribution in [0.25, 0.3) is 0 Å². The van der Waals surface area contributed by atoms with Gasteiger partial charge in [-0.15, -0.1) is 0 Å². The van der Waals surface area contributed by atoms with Gasteiger partial charge in [0, 0.05) is 25.7 Å². The molecule has 0 aliphatic heterocycles. The van der Waals surface area contributed by atoms with Gasteiger partial charge in [-0.05, 0) is 173 Å². The Hall–Kier alpha value is -5.58. The first-order chi connectivity index (χ1) is 51.7. The van der Waals surface area contributed by atoms with Crippen molar-refractivity contribution in [2.24, 2.45) is 0 Å². The maximum Gasteiger partial charge on any atom is 0.472 e. The second-order valence-electron chi connectivity index (χ2n) is 26.2. The van der Waals surface area contributed by atoms with E-state index in [2.05, 4.69) is 198 Å². The number of rotatable bonds is 74. The predicted molar refractivity (Wildman–Crippen MR) is 436 cm³/mol. The lowest BCUT2D eigenvalue weighted by molar-refractivity contribution is -0.161. The number of phosphoric ester groups is 2. The van der Waals surface area contributed by atoms with Gasteiger partial charge in [0.25, 0.3) is 0 Å². The fourth-order valence-corrected chi connectivity index (χ4v) is 11.7. The smallest absolute Gasteiger partial charge is 0.462 e. The molecule has 0 amide bonds. The normalized spacial score (nSPS) is 14.7. The second kappa shape index (κ2) is 77.6. The minimum Gasteiger partial charge on any atom is -0.462 e. The molecular formula is C87H142O17P2. The first kappa shape index (κ1) is 100. The highest BCUT2D eigenvalue weighted by molar-refractivity contribution is 7.47. The molecule has 0 aliphatic carbocycles. The number of aliphatic hydroxyl groups excluding tert-OH is 1. The molecule has 17 nitrogen and oxygen atoms in total. The zero-order chi connectivity index (χ0) is 77.4. The van der Waals surface area contributed by atoms with Gasteiger partial charge in [-0.3, -0.25) is 37.3 Å². The third-order valence-electron chi connectivity index (χ3n) is 16.2. The third kappa shape index (κ3) is 76.6. The fraction of sp³-hybridized carbons (Fsp3) is 0.632. The molecule has 0 rings (SSSR count). The fourth-order valence-electron chi connectivity index (χ4n) is 10.1. The van der Waals surface area contributed by atoms with E-state index in [1.54, 1.807) is 0 Å². The van der Waals surface area contributed by atoms with Gasteiger partial charge >= 0.3 is 39.5 Å². The van der Waals surface area contributed by atoms with E-state index in [9.17, 15) is 43.2 Å². The minimum atomic E-state index is -5.00. The lowest BCUT2D eigenvalue weighted by Crippen LogP contribution is -2.30. The van der Waals surface area contributed by atoms with Crippen molar-refractivity contribution in [1.82, 2.24) is 0 Å². The topological polar surface area (TPSA) is 237 Å². The van der Waals surface area contributed by atoms with Crippen molar-refractivity contribution in [2.45, 2.75) is 316 Å². The van der Waals surface area contributed by atoms with Crippen LogP contribution in [0.2, 0.25) is 0 Å². The van der Waals surface area contributed by atoms with Crippen molar-refractivity contribution in [3.63, 3.8) is 0 Å². The highest BCUT2D eigenvalue weighted by atomic mass is 31.2. The summed E-state index contributed by atoms with van der Waals surface area (Å²) in [4.78, 5) is 73.1. The minimum absolute atomic E-state index is 0.0328. The molecule has 602 valence electrons. The molecular weight excluding hydrogens is 1380 g/mol. The Kier molecular flexibility index (Phi) is 73.5. The first-order valence-electron chi connectivity index (χ1n) is 40.4. The van der Waals surface area contributed by atoms with E-state index in [0.717, 1.165) is 186 Å². The summed E-state index contributed by atoms with van der Waals surface area (Å²) in [5, 5.41) is 10.6. The van der Waals surface area contributed by atoms with Gasteiger partial charge in [0.15, 0.2) is 12.2 Å². The van der Waals surface area contributed by atoms with Gasteiger partial charge in [-0.25, -0.2) is 9.13 Å². The summed E-state index contributed by atoms with van der Waals surface area (Å²) in [5.74, 6) is -2.31. The van der Waals surface area contributed by atoms with Crippen LogP contribution in [-0.2, 0) is 65.4 Å². The van der Waals surface area contributed by atoms with Crippen LogP contribution in [-0.4, -0.2) is 96.7 Å². The van der Waals surface area contributed by atoms with E-state index in [-0.39, 0.29) is 25.7 Å². The number of aliphatic hydroxyl groups is 1. The Labute approximate surface area is 642 Å². The molecule has 0 aromatic carbocycles. The number of ether oxygens (including phenoxy) is 4. The molecule has 5 atom stereocenters. The summed E-state index contributed by atoms with van der Waals surface area (Å²) in [7, 11) is -10.0. The monoisotopic (exact) mass is 1520 g/mol. The molecule has 3 N–H and O–H groups in total. The third-order valence-corrected chi connectivity index (χ3v) is 18.1. The summed E-state index contributed by atoms with van der Waals surface area (Å²) < 4.78 is 68.6. The number of allylic oxidation sites excluding steroid dienone is 28. The number of esters is 4. The molecule has 0 bridgehead atoms. The van der Waals surface area contributed by atoms with Crippen molar-refractivity contribution in [1.29, 1.82) is 0 Å². The van der Waals surface area contributed by atoms with Gasteiger partial charge in [0.05, 0.1) is 26.4 Å². The maximum absolute atomic E-state index is 13.1. The van der Waals surface area contributed by atoms with Crippen LogP contribution in [0.5, 0.6) is 0 Å². The Morgan fingerprint density at radius 2 is 0.491 bits per heavy atom. The van der Waals surface area contributed by atoms with Crippen LogP contribution in [0.3, 0.4) is 0 Å². The van der Waals surface area contributed by atoms with Crippen molar-refractivity contribution in [3.8, 4) is 0 Å². The molecule has 5 unspecified atom stereocenters. The highest BCUT2D eigenvalue weighted by Gasteiger charge is 2.30. The van der Waals surface area contributed by atoms with Crippen molar-refractivity contribution < 1.29 is 80.2 Å². The largest absolute Gasteiger partial charge is 0.472 e. The summed E-state index contributed by atoms with van der Waals surface area (Å²) in [6.07, 6.45) is 91.9. The Morgan fingerprint density at radius 3 is 0.774 bits per heavy atom. The van der Waals surface area contributed by atoms with Crippen molar-refractivity contribution >= 4 is 39.5 Å². The van der Waals surface area contributed by atoms with Crippen molar-refractivity contribution in [3.05, 3.63) is 170 Å². The number of carbonyl (C=O) groups excluding carboxylic acids is 4. The molecule has 0 fully saturated rings. The van der Waals surface area contributed by atoms with Crippen LogP contribution in [0.15, 0.2) is 170 Å². The van der Waals surface area contributed by atoms with Gasteiger partial charge in [0.2, 0.25) is 0 Å². The lowest BCUT2D eigenvalue weighted by Gasteiger charge is -2.21. The average Bonchev–Trinajstić information content (AvgIpc) is 0.902. The molecule has 0 aliphatic rings. The summed E-state index contributed by atoms with van der Waals surface area (Å²) in [5.41, 5.74) is 0. The highest BCUT2D eigenvalue weighted by Crippen LogP contribution is 2.45. The van der Waals surface area contributed by atoms with Crippen LogP contribution in [0.4, 0.5) is 0 Å². The van der Waals surface area contributed by atoms with Gasteiger partial charge < -0.3 is 33.8 Å². The number of hydrogen-bond donors (Lipinski definition) is 3. The number of carbonyl (C=O) groups is 4. The van der Waals surface area contributed by atoms with Crippen LogP contribution >= 0.6 is 15.6 Å². The zero-order valence-electron chi connectivity index (χ0n) is 65.8. The quantitative estimate of drug-likeness (QED) is 0.0169. The molecule has 0 radical (unpaired) electrons. The lowest BCUT2D eigenvalue weighted by atomic mass is 10.1. The molecule has 0 saturated heterocycles. The molecule has 19 heteroatoms. The summed E-state index contributed by atoms with van der Waals surface area (Å²) >= 11 is 0. The van der Waals surface area contributed by atoms with E-state index >= 15 is 0 Å². The predicted octanol–water partition coefficient (Wildman–Crippen LogP) is 23.8. The molecule has 0 spiro atoms. The standard InChI is InChI=1S/C87H142O17P2/c1-5-9-13-17-21-25-29-33-37-39-40-42-46-48-52-56-60-64-68-72-85(90)98-78-83(104-87(92)74-70-66-62-58-54-50-44-36-32-28-24-20-16-12-8-4)80-102-106(95,96)100-76-81(88)75-99-105(93,94)101-79-82(103-86(91)73-69-65-61-57-53-49-43-35-31-27-23-19-15-11-7-3)77-97-84(89)71-67-63-59-55-51-47-45-41-38-34-30-26-22-18-14-10-6-2/h10-12,14-16,21-28,33-38,40,42-44,53-54,57-58,81-83,88H,5-9,13,17-20,29-32,39,41,45-52,55-56,59-80H2,1-4H3,(H,93,94)(H,95,96)/b14-10-,15-11-,16-12-,25-21-,26-22-,27-23-,28-24-,37-33-,38-34-,42-40-,43-35-,44-36-,57-53-,58-54-. The van der Waals surface area contributed by atoms with Gasteiger partial charge in [-0.2, -0.15) is 0 Å². The van der Waals surface area contributed by atoms with E-state index in [1.807, 2.05) is 0 Å². The SMILES string of the molecule is CC/C=C\C/C=C\C/C=C\C/C=C\CCCCC(=O)OC(COC(=O)CCCCCCCC/C=C\C/C=C\C/C=C\CCCCC)COP(=O)(O)OCC(O)COP(=O)(O)OCC(COC(=O)CCCCCCCCC/C=C\C/C=C\C/C=C\CC)OC(=O)CCCC/C=C\C/C=C\C/C=C\C/C=C\CC. The molecule has 0 heterocycles. The molecule has 0 aromatic heterocycles. The van der Waals surface area contributed by atoms with Gasteiger partial charge in [0.1, 0.15) is 19.3 Å². The summed E-state index contributed by atoms with van der Waals surface area (Å²) in [6, 6.07) is 0. The Morgan fingerprint density at radius 1 is 0.274 bits per heavy atom. The first-order valence-corrected chi connectivity index (χ1v) is 43.4. The Bertz CT molecular complexity index is 2680. The number of phosphoric acid groups is 2. The average molecular weight is 1520 g/mol. The van der Waals surface area contributed by atoms with Crippen molar-refractivity contribution in [2.75, 3.05) is 39.6 Å². The van der Waals surface area contributed by atoms with Crippen LogP contribution in [0, 0.1) is 0 Å². The van der Waals surface area contributed by atoms with E-state index in [1.165, 1.54) is 19.3 Å². The van der Waals surface area contributed by atoms with E-state index < -0.39 is 97.5 Å².